The molecule has 0 unspecified atom stereocenters. The van der Waals surface area contributed by atoms with Crippen molar-refractivity contribution in [3.8, 4) is 11.6 Å². The Labute approximate surface area is 119 Å². The van der Waals surface area contributed by atoms with Crippen molar-refractivity contribution in [2.75, 3.05) is 0 Å². The van der Waals surface area contributed by atoms with Gasteiger partial charge >= 0.3 is 0 Å². The largest absolute Gasteiger partial charge is 0.435 e. The Bertz CT molecular complexity index is 605. The summed E-state index contributed by atoms with van der Waals surface area (Å²) in [6, 6.07) is 4.14. The summed E-state index contributed by atoms with van der Waals surface area (Å²) < 4.78 is 33.0. The highest BCUT2D eigenvalue weighted by Crippen LogP contribution is 2.33. The maximum atomic E-state index is 13.5. The fraction of sp³-hybridized carbons (Fsp3) is 0.0833. The van der Waals surface area contributed by atoms with Crippen molar-refractivity contribution in [1.29, 1.82) is 0 Å². The Morgan fingerprint density at radius 2 is 1.94 bits per heavy atom. The molecule has 0 saturated carbocycles. The lowest BCUT2D eigenvalue weighted by atomic mass is 10.3. The second-order valence-electron chi connectivity index (χ2n) is 3.55. The maximum absolute atomic E-state index is 13.5. The minimum absolute atomic E-state index is 0.186. The van der Waals surface area contributed by atoms with Crippen LogP contribution in [0, 0.1) is 18.6 Å². The summed E-state index contributed by atoms with van der Waals surface area (Å²) in [5.41, 5.74) is 0.885. The lowest BCUT2D eigenvalue weighted by Crippen LogP contribution is -1.95. The van der Waals surface area contributed by atoms with Gasteiger partial charge in [0.1, 0.15) is 0 Å². The van der Waals surface area contributed by atoms with Gasteiger partial charge in [-0.2, -0.15) is 4.39 Å². The van der Waals surface area contributed by atoms with Gasteiger partial charge in [0.15, 0.2) is 11.6 Å². The average molecular weight is 379 g/mol. The average Bonchev–Trinajstić information content (AvgIpc) is 2.31. The molecule has 0 saturated heterocycles. The van der Waals surface area contributed by atoms with E-state index in [1.807, 2.05) is 6.92 Å². The van der Waals surface area contributed by atoms with Crippen molar-refractivity contribution in [1.82, 2.24) is 4.98 Å². The molecule has 94 valence electrons. The number of pyridine rings is 1. The summed E-state index contributed by atoms with van der Waals surface area (Å²) in [4.78, 5) is 3.96. The Morgan fingerprint density at radius 3 is 2.67 bits per heavy atom. The number of hydrogen-bond acceptors (Lipinski definition) is 2. The van der Waals surface area contributed by atoms with Gasteiger partial charge < -0.3 is 4.74 Å². The second kappa shape index (κ2) is 5.32. The molecule has 0 aliphatic carbocycles. The molecule has 0 aliphatic heterocycles. The number of aryl methyl sites for hydroxylation is 1. The molecule has 18 heavy (non-hydrogen) atoms. The quantitative estimate of drug-likeness (QED) is 0.687. The molecule has 0 atom stereocenters. The van der Waals surface area contributed by atoms with Crippen molar-refractivity contribution >= 4 is 31.9 Å². The van der Waals surface area contributed by atoms with E-state index in [0.717, 1.165) is 11.6 Å². The zero-order valence-electron chi connectivity index (χ0n) is 9.18. The number of hydrogen-bond donors (Lipinski definition) is 0. The molecule has 2 rings (SSSR count). The van der Waals surface area contributed by atoms with E-state index in [1.165, 1.54) is 12.3 Å². The van der Waals surface area contributed by atoms with Crippen molar-refractivity contribution in [3.05, 3.63) is 50.5 Å². The molecule has 0 fully saturated rings. The van der Waals surface area contributed by atoms with Crippen molar-refractivity contribution in [3.63, 3.8) is 0 Å². The van der Waals surface area contributed by atoms with E-state index in [4.69, 9.17) is 4.74 Å². The smallest absolute Gasteiger partial charge is 0.234 e. The lowest BCUT2D eigenvalue weighted by Gasteiger charge is -2.09. The zero-order valence-corrected chi connectivity index (χ0v) is 12.3. The van der Waals surface area contributed by atoms with E-state index in [2.05, 4.69) is 36.8 Å². The van der Waals surface area contributed by atoms with E-state index in [0.29, 0.717) is 8.95 Å². The molecule has 1 heterocycles. The summed E-state index contributed by atoms with van der Waals surface area (Å²) in [5.74, 6) is -2.07. The third kappa shape index (κ3) is 2.70. The molecule has 0 spiro atoms. The molecule has 0 bridgehead atoms. The predicted molar refractivity (Wildman–Crippen MR) is 70.8 cm³/mol. The van der Waals surface area contributed by atoms with E-state index in [1.54, 1.807) is 6.07 Å². The fourth-order valence-corrected chi connectivity index (χ4v) is 2.02. The minimum atomic E-state index is -1.05. The lowest BCUT2D eigenvalue weighted by molar-refractivity contribution is 0.402. The first-order valence-corrected chi connectivity index (χ1v) is 6.51. The summed E-state index contributed by atoms with van der Waals surface area (Å²) in [7, 11) is 0. The minimum Gasteiger partial charge on any atom is -0.435 e. The maximum Gasteiger partial charge on any atom is 0.234 e. The normalized spacial score (nSPS) is 10.5. The first kappa shape index (κ1) is 13.4. The van der Waals surface area contributed by atoms with Crippen LogP contribution in [0.1, 0.15) is 5.56 Å². The number of nitrogens with zero attached hydrogens (tertiary/aromatic N) is 1. The van der Waals surface area contributed by atoms with E-state index in [-0.39, 0.29) is 11.6 Å². The van der Waals surface area contributed by atoms with Crippen LogP contribution in [0.25, 0.3) is 0 Å². The topological polar surface area (TPSA) is 22.1 Å². The summed E-state index contributed by atoms with van der Waals surface area (Å²) in [6.45, 7) is 1.84. The van der Waals surface area contributed by atoms with Crippen LogP contribution in [-0.2, 0) is 0 Å². The number of halogens is 4. The van der Waals surface area contributed by atoms with E-state index in [9.17, 15) is 8.78 Å². The highest BCUT2D eigenvalue weighted by molar-refractivity contribution is 9.10. The van der Waals surface area contributed by atoms with Crippen LogP contribution in [-0.4, -0.2) is 4.98 Å². The molecule has 2 aromatic rings. The summed E-state index contributed by atoms with van der Waals surface area (Å²) in [5, 5.41) is 0. The first-order chi connectivity index (χ1) is 8.49. The first-order valence-electron chi connectivity index (χ1n) is 4.92. The Morgan fingerprint density at radius 1 is 1.22 bits per heavy atom. The Hall–Kier alpha value is -1.01. The highest BCUT2D eigenvalue weighted by Gasteiger charge is 2.14. The molecule has 6 heteroatoms. The molecule has 0 aliphatic rings. The zero-order chi connectivity index (χ0) is 13.3. The third-order valence-electron chi connectivity index (χ3n) is 2.22. The van der Waals surface area contributed by atoms with Gasteiger partial charge in [0, 0.05) is 10.7 Å². The van der Waals surface area contributed by atoms with Gasteiger partial charge in [-0.1, -0.05) is 15.9 Å². The van der Waals surface area contributed by atoms with Gasteiger partial charge in [-0.3, -0.25) is 0 Å². The van der Waals surface area contributed by atoms with Crippen molar-refractivity contribution in [2.45, 2.75) is 6.92 Å². The molecule has 1 aromatic carbocycles. The second-order valence-corrected chi connectivity index (χ2v) is 5.26. The Balaban J connectivity index is 2.43. The third-order valence-corrected chi connectivity index (χ3v) is 3.64. The molecular formula is C12H7Br2F2NO. The van der Waals surface area contributed by atoms with Crippen LogP contribution in [0.15, 0.2) is 33.3 Å². The standard InChI is InChI=1S/C12H7Br2F2NO/c1-6-2-3-17-12(10(6)14)18-9-5-7(13)4-8(15)11(9)16/h2-5H,1H3. The number of ether oxygens (including phenoxy) is 1. The molecule has 2 nitrogen and oxygen atoms in total. The van der Waals surface area contributed by atoms with Crippen LogP contribution in [0.5, 0.6) is 11.6 Å². The van der Waals surface area contributed by atoms with Gasteiger partial charge in [-0.25, -0.2) is 9.37 Å². The number of benzene rings is 1. The van der Waals surface area contributed by atoms with Gasteiger partial charge in [0.2, 0.25) is 11.7 Å². The van der Waals surface area contributed by atoms with Gasteiger partial charge in [-0.05, 0) is 46.6 Å². The van der Waals surface area contributed by atoms with E-state index < -0.39 is 11.6 Å². The Kier molecular flexibility index (Phi) is 3.97. The van der Waals surface area contributed by atoms with Crippen LogP contribution in [0.2, 0.25) is 0 Å². The molecule has 0 amide bonds. The monoisotopic (exact) mass is 377 g/mol. The van der Waals surface area contributed by atoms with Crippen molar-refractivity contribution < 1.29 is 13.5 Å². The van der Waals surface area contributed by atoms with Gasteiger partial charge in [0.05, 0.1) is 4.47 Å². The van der Waals surface area contributed by atoms with Crippen LogP contribution in [0.3, 0.4) is 0 Å². The number of aromatic nitrogens is 1. The number of rotatable bonds is 2. The molecule has 0 radical (unpaired) electrons. The van der Waals surface area contributed by atoms with Crippen LogP contribution < -0.4 is 4.74 Å². The molecule has 0 N–H and O–H groups in total. The molecule has 1 aromatic heterocycles. The van der Waals surface area contributed by atoms with E-state index >= 15 is 0 Å². The van der Waals surface area contributed by atoms with Gasteiger partial charge in [0.25, 0.3) is 0 Å². The predicted octanol–water partition coefficient (Wildman–Crippen LogP) is 4.99. The highest BCUT2D eigenvalue weighted by atomic mass is 79.9. The fourth-order valence-electron chi connectivity index (χ4n) is 1.30. The van der Waals surface area contributed by atoms with Crippen molar-refractivity contribution in [2.24, 2.45) is 0 Å². The SMILES string of the molecule is Cc1ccnc(Oc2cc(Br)cc(F)c2F)c1Br. The molecular weight excluding hydrogens is 372 g/mol. The summed E-state index contributed by atoms with van der Waals surface area (Å²) in [6.07, 6.45) is 1.53. The summed E-state index contributed by atoms with van der Waals surface area (Å²) >= 11 is 6.36. The van der Waals surface area contributed by atoms with Crippen LogP contribution in [0.4, 0.5) is 8.78 Å². The van der Waals surface area contributed by atoms with Gasteiger partial charge in [-0.15, -0.1) is 0 Å². The van der Waals surface area contributed by atoms with Crippen LogP contribution >= 0.6 is 31.9 Å².